The molecule has 25 heavy (non-hydrogen) atoms. The van der Waals surface area contributed by atoms with Crippen LogP contribution in [0.2, 0.25) is 0 Å². The highest BCUT2D eigenvalue weighted by Gasteiger charge is 2.21. The van der Waals surface area contributed by atoms with Gasteiger partial charge in [-0.2, -0.15) is 0 Å². The number of hydrogen-bond acceptors (Lipinski definition) is 6. The van der Waals surface area contributed by atoms with Gasteiger partial charge in [0.1, 0.15) is 5.69 Å². The van der Waals surface area contributed by atoms with E-state index in [1.165, 1.54) is 19.1 Å². The van der Waals surface area contributed by atoms with Crippen molar-refractivity contribution in [1.82, 2.24) is 0 Å². The number of hydrogen-bond donors (Lipinski definition) is 2. The number of amides is 1. The van der Waals surface area contributed by atoms with Crippen molar-refractivity contribution in [3.63, 3.8) is 0 Å². The Kier molecular flexibility index (Phi) is 5.67. The third-order valence-electron chi connectivity index (χ3n) is 3.44. The molecule has 0 aliphatic rings. The summed E-state index contributed by atoms with van der Waals surface area (Å²) < 4.78 is 4.85. The van der Waals surface area contributed by atoms with E-state index in [4.69, 9.17) is 10.5 Å². The zero-order valence-corrected chi connectivity index (χ0v) is 13.5. The quantitative estimate of drug-likeness (QED) is 0.451. The van der Waals surface area contributed by atoms with E-state index in [1.807, 2.05) is 30.3 Å². The van der Waals surface area contributed by atoms with Crippen molar-refractivity contribution in [3.05, 3.63) is 69.8 Å². The fourth-order valence-corrected chi connectivity index (χ4v) is 2.04. The van der Waals surface area contributed by atoms with E-state index < -0.39 is 22.9 Å². The maximum absolute atomic E-state index is 12.0. The van der Waals surface area contributed by atoms with Gasteiger partial charge in [-0.25, -0.2) is 4.79 Å². The summed E-state index contributed by atoms with van der Waals surface area (Å²) in [5, 5.41) is 14.2. The number of nitrogens with two attached hydrogens (primary N) is 1. The molecule has 1 atom stereocenters. The molecule has 0 bridgehead atoms. The molecule has 0 heterocycles. The smallest absolute Gasteiger partial charge is 0.339 e. The zero-order valence-electron chi connectivity index (χ0n) is 13.5. The number of anilines is 1. The Morgan fingerprint density at radius 1 is 1.24 bits per heavy atom. The minimum absolute atomic E-state index is 0.0370. The van der Waals surface area contributed by atoms with Crippen LogP contribution in [-0.4, -0.2) is 22.9 Å². The van der Waals surface area contributed by atoms with Crippen LogP contribution in [0.15, 0.2) is 48.5 Å². The number of primary amides is 1. The average Bonchev–Trinajstić information content (AvgIpc) is 2.60. The molecule has 2 rings (SSSR count). The van der Waals surface area contributed by atoms with E-state index in [9.17, 15) is 19.7 Å². The first-order valence-electron chi connectivity index (χ1n) is 7.45. The maximum atomic E-state index is 12.0. The molecule has 0 aliphatic heterocycles. The van der Waals surface area contributed by atoms with Gasteiger partial charge in [-0.3, -0.25) is 14.9 Å². The third-order valence-corrected chi connectivity index (χ3v) is 3.44. The van der Waals surface area contributed by atoms with Gasteiger partial charge in [0.05, 0.1) is 10.5 Å². The van der Waals surface area contributed by atoms with Gasteiger partial charge in [-0.05, 0) is 24.6 Å². The number of esters is 1. The van der Waals surface area contributed by atoms with Crippen LogP contribution in [0.1, 0.15) is 22.8 Å². The predicted octanol–water partition coefficient (Wildman–Crippen LogP) is 2.24. The molecule has 8 heteroatoms. The van der Waals surface area contributed by atoms with Crippen LogP contribution < -0.4 is 11.1 Å². The van der Waals surface area contributed by atoms with Crippen LogP contribution in [0.4, 0.5) is 11.4 Å². The lowest BCUT2D eigenvalue weighted by Crippen LogP contribution is -2.30. The molecule has 8 nitrogen and oxygen atoms in total. The number of carbonyl (C=O) groups is 2. The SMILES string of the molecule is C[C@H](OC(=O)c1ccc(NCc2ccccc2)c([N+](=O)[O-])c1)C(N)=O. The number of nitro groups is 1. The second-order valence-electron chi connectivity index (χ2n) is 5.28. The number of benzene rings is 2. The highest BCUT2D eigenvalue weighted by molar-refractivity contribution is 5.93. The van der Waals surface area contributed by atoms with Crippen molar-refractivity contribution in [2.75, 3.05) is 5.32 Å². The van der Waals surface area contributed by atoms with Crippen LogP contribution in [-0.2, 0) is 16.1 Å². The van der Waals surface area contributed by atoms with Crippen LogP contribution in [0.3, 0.4) is 0 Å². The Hall–Kier alpha value is -3.42. The topological polar surface area (TPSA) is 125 Å². The molecule has 0 saturated heterocycles. The molecule has 0 unspecified atom stereocenters. The first-order chi connectivity index (χ1) is 11.9. The number of rotatable bonds is 7. The lowest BCUT2D eigenvalue weighted by Gasteiger charge is -2.11. The number of nitro benzene ring substituents is 1. The summed E-state index contributed by atoms with van der Waals surface area (Å²) in [6, 6.07) is 13.3. The van der Waals surface area contributed by atoms with Gasteiger partial charge in [0.15, 0.2) is 6.10 Å². The van der Waals surface area contributed by atoms with E-state index in [-0.39, 0.29) is 16.9 Å². The van der Waals surface area contributed by atoms with Gasteiger partial charge in [0.25, 0.3) is 11.6 Å². The van der Waals surface area contributed by atoms with Crippen LogP contribution in [0.5, 0.6) is 0 Å². The summed E-state index contributed by atoms with van der Waals surface area (Å²) in [5.41, 5.74) is 5.95. The van der Waals surface area contributed by atoms with Crippen molar-refractivity contribution < 1.29 is 19.2 Å². The highest BCUT2D eigenvalue weighted by Crippen LogP contribution is 2.26. The van der Waals surface area contributed by atoms with E-state index in [0.29, 0.717) is 6.54 Å². The van der Waals surface area contributed by atoms with Crippen molar-refractivity contribution >= 4 is 23.3 Å². The van der Waals surface area contributed by atoms with Crippen molar-refractivity contribution in [1.29, 1.82) is 0 Å². The van der Waals surface area contributed by atoms with E-state index in [1.54, 1.807) is 0 Å². The maximum Gasteiger partial charge on any atom is 0.339 e. The van der Waals surface area contributed by atoms with Gasteiger partial charge in [0.2, 0.25) is 0 Å². The summed E-state index contributed by atoms with van der Waals surface area (Å²) in [6.45, 7) is 1.72. The fourth-order valence-electron chi connectivity index (χ4n) is 2.04. The van der Waals surface area contributed by atoms with Gasteiger partial charge in [-0.15, -0.1) is 0 Å². The second kappa shape index (κ2) is 7.91. The normalized spacial score (nSPS) is 11.4. The van der Waals surface area contributed by atoms with Gasteiger partial charge in [-0.1, -0.05) is 30.3 Å². The molecule has 0 fully saturated rings. The largest absolute Gasteiger partial charge is 0.449 e. The molecule has 0 aromatic heterocycles. The molecular formula is C17H17N3O5. The van der Waals surface area contributed by atoms with Crippen molar-refractivity contribution in [2.45, 2.75) is 19.6 Å². The summed E-state index contributed by atoms with van der Waals surface area (Å²) in [7, 11) is 0. The molecule has 2 aromatic carbocycles. The number of nitrogens with zero attached hydrogens (tertiary/aromatic N) is 1. The summed E-state index contributed by atoms with van der Waals surface area (Å²) >= 11 is 0. The standard InChI is InChI=1S/C17H17N3O5/c1-11(16(18)21)25-17(22)13-7-8-14(15(9-13)20(23)24)19-10-12-5-3-2-4-6-12/h2-9,11,19H,10H2,1H3,(H2,18,21)/t11-/m0/s1. The van der Waals surface area contributed by atoms with Crippen molar-refractivity contribution in [2.24, 2.45) is 5.73 Å². The average molecular weight is 343 g/mol. The van der Waals surface area contributed by atoms with Gasteiger partial charge >= 0.3 is 5.97 Å². The fraction of sp³-hybridized carbons (Fsp3) is 0.176. The molecule has 2 aromatic rings. The van der Waals surface area contributed by atoms with Crippen LogP contribution in [0, 0.1) is 10.1 Å². The first-order valence-corrected chi connectivity index (χ1v) is 7.45. The van der Waals surface area contributed by atoms with Gasteiger partial charge < -0.3 is 15.8 Å². The monoisotopic (exact) mass is 343 g/mol. The number of carbonyl (C=O) groups excluding carboxylic acids is 2. The Balaban J connectivity index is 2.18. The Labute approximate surface area is 143 Å². The molecule has 0 saturated carbocycles. The number of nitrogens with one attached hydrogen (secondary N) is 1. The van der Waals surface area contributed by atoms with E-state index in [0.717, 1.165) is 11.6 Å². The molecule has 1 amide bonds. The van der Waals surface area contributed by atoms with E-state index >= 15 is 0 Å². The molecule has 0 radical (unpaired) electrons. The number of ether oxygens (including phenoxy) is 1. The van der Waals surface area contributed by atoms with Crippen LogP contribution in [0.25, 0.3) is 0 Å². The Bertz CT molecular complexity index is 792. The molecular weight excluding hydrogens is 326 g/mol. The predicted molar refractivity (Wildman–Crippen MR) is 90.9 cm³/mol. The second-order valence-corrected chi connectivity index (χ2v) is 5.28. The molecule has 0 aliphatic carbocycles. The summed E-state index contributed by atoms with van der Waals surface area (Å²) in [6.07, 6.45) is -1.12. The van der Waals surface area contributed by atoms with E-state index in [2.05, 4.69) is 5.32 Å². The lowest BCUT2D eigenvalue weighted by molar-refractivity contribution is -0.384. The van der Waals surface area contributed by atoms with Gasteiger partial charge in [0, 0.05) is 12.6 Å². The molecule has 3 N–H and O–H groups in total. The summed E-state index contributed by atoms with van der Waals surface area (Å²) in [4.78, 5) is 33.6. The third kappa shape index (κ3) is 4.77. The lowest BCUT2D eigenvalue weighted by atomic mass is 10.1. The Morgan fingerprint density at radius 2 is 1.92 bits per heavy atom. The minimum atomic E-state index is -1.12. The molecule has 130 valence electrons. The summed E-state index contributed by atoms with van der Waals surface area (Å²) in [5.74, 6) is -1.66. The first kappa shape index (κ1) is 17.9. The minimum Gasteiger partial charge on any atom is -0.449 e. The highest BCUT2D eigenvalue weighted by atomic mass is 16.6. The Morgan fingerprint density at radius 3 is 2.52 bits per heavy atom. The zero-order chi connectivity index (χ0) is 18.4. The molecule has 0 spiro atoms. The van der Waals surface area contributed by atoms with Crippen LogP contribution >= 0.6 is 0 Å². The van der Waals surface area contributed by atoms with Crippen molar-refractivity contribution in [3.8, 4) is 0 Å².